The summed E-state index contributed by atoms with van der Waals surface area (Å²) in [5, 5.41) is 29.7. The van der Waals surface area contributed by atoms with E-state index in [9.17, 15) is 14.7 Å². The Morgan fingerprint density at radius 2 is 1.93 bits per heavy atom. The molecule has 1 aliphatic carbocycles. The van der Waals surface area contributed by atoms with Gasteiger partial charge in [0.15, 0.2) is 5.71 Å². The molecule has 28 heavy (non-hydrogen) atoms. The molecule has 6 N–H and O–H groups in total. The normalized spacial score (nSPS) is 18.4. The summed E-state index contributed by atoms with van der Waals surface area (Å²) >= 11 is 0. The van der Waals surface area contributed by atoms with Crippen LogP contribution in [0.15, 0.2) is 35.4 Å². The van der Waals surface area contributed by atoms with Crippen LogP contribution in [0.4, 0.5) is 5.69 Å². The highest BCUT2D eigenvalue weighted by molar-refractivity contribution is 6.60. The van der Waals surface area contributed by atoms with Gasteiger partial charge in [-0.3, -0.25) is 20.3 Å². The number of nitrogens with zero attached hydrogens (tertiary/aromatic N) is 1. The summed E-state index contributed by atoms with van der Waals surface area (Å²) in [6.07, 6.45) is 1.54. The van der Waals surface area contributed by atoms with Crippen LogP contribution in [0.2, 0.25) is 0 Å². The SMILES string of the molecule is CNC(=O)C(NC(C)O)(C1CC1)C(C)NC(=O)/C(C=N)=N/Nc1ccccc1. The van der Waals surface area contributed by atoms with Crippen LogP contribution in [0.25, 0.3) is 0 Å². The molecule has 9 nitrogen and oxygen atoms in total. The van der Waals surface area contributed by atoms with Gasteiger partial charge < -0.3 is 21.1 Å². The lowest BCUT2D eigenvalue weighted by molar-refractivity contribution is -0.132. The molecule has 1 aliphatic rings. The maximum Gasteiger partial charge on any atom is 0.273 e. The summed E-state index contributed by atoms with van der Waals surface area (Å²) in [7, 11) is 1.52. The van der Waals surface area contributed by atoms with E-state index in [-0.39, 0.29) is 17.5 Å². The van der Waals surface area contributed by atoms with Crippen LogP contribution in [-0.2, 0) is 9.59 Å². The summed E-state index contributed by atoms with van der Waals surface area (Å²) in [6.45, 7) is 3.23. The first-order chi connectivity index (χ1) is 13.3. The Labute approximate surface area is 164 Å². The van der Waals surface area contributed by atoms with Gasteiger partial charge >= 0.3 is 0 Å². The van der Waals surface area contributed by atoms with E-state index in [1.807, 2.05) is 18.2 Å². The molecule has 0 bridgehead atoms. The number of nitrogens with one attached hydrogen (secondary N) is 5. The molecule has 0 aliphatic heterocycles. The monoisotopic (exact) mass is 388 g/mol. The van der Waals surface area contributed by atoms with Crippen molar-refractivity contribution in [3.05, 3.63) is 30.3 Å². The van der Waals surface area contributed by atoms with E-state index in [4.69, 9.17) is 5.41 Å². The number of hydrogen-bond acceptors (Lipinski definition) is 7. The second kappa shape index (κ2) is 9.43. The van der Waals surface area contributed by atoms with E-state index in [1.54, 1.807) is 19.1 Å². The fourth-order valence-electron chi connectivity index (χ4n) is 3.31. The van der Waals surface area contributed by atoms with E-state index in [2.05, 4.69) is 26.5 Å². The quantitative estimate of drug-likeness (QED) is 0.196. The van der Waals surface area contributed by atoms with E-state index >= 15 is 0 Å². The van der Waals surface area contributed by atoms with Crippen LogP contribution in [0.1, 0.15) is 26.7 Å². The number of carbonyl (C=O) groups excluding carboxylic acids is 2. The Bertz CT molecular complexity index is 732. The molecule has 1 aromatic rings. The van der Waals surface area contributed by atoms with Crippen molar-refractivity contribution in [2.24, 2.45) is 11.0 Å². The highest BCUT2D eigenvalue weighted by atomic mass is 16.3. The first-order valence-electron chi connectivity index (χ1n) is 9.23. The van der Waals surface area contributed by atoms with Crippen LogP contribution in [0, 0.1) is 11.3 Å². The largest absolute Gasteiger partial charge is 0.379 e. The Balaban J connectivity index is 2.18. The van der Waals surface area contributed by atoms with E-state index < -0.39 is 23.7 Å². The topological polar surface area (TPSA) is 139 Å². The summed E-state index contributed by atoms with van der Waals surface area (Å²) in [5.74, 6) is -0.910. The second-order valence-electron chi connectivity index (χ2n) is 6.86. The standard InChI is InChI=1S/C19H28N6O3/c1-12(19(14-9-10-14,18(28)21-3)23-13(2)26)22-17(27)16(11-20)25-24-15-7-5-4-6-8-15/h4-8,11-14,20,23-24,26H,9-10H2,1-3H3,(H,21,28)(H,22,27)/b20-11?,25-16+. The molecule has 3 atom stereocenters. The molecule has 0 radical (unpaired) electrons. The molecule has 1 aromatic carbocycles. The van der Waals surface area contributed by atoms with Crippen LogP contribution in [-0.4, -0.2) is 53.7 Å². The van der Waals surface area contributed by atoms with Gasteiger partial charge in [-0.05, 0) is 44.7 Å². The summed E-state index contributed by atoms with van der Waals surface area (Å²) in [6, 6.07) is 8.40. The van der Waals surface area contributed by atoms with E-state index in [0.717, 1.165) is 19.1 Å². The Kier molecular flexibility index (Phi) is 7.24. The number of para-hydroxylation sites is 1. The van der Waals surface area contributed by atoms with Gasteiger partial charge in [0.05, 0.1) is 17.9 Å². The average Bonchev–Trinajstić information content (AvgIpc) is 3.52. The van der Waals surface area contributed by atoms with Gasteiger partial charge in [-0.15, -0.1) is 0 Å². The lowest BCUT2D eigenvalue weighted by atomic mass is 9.84. The number of hydrazone groups is 1. The number of hydrogen-bond donors (Lipinski definition) is 6. The van der Waals surface area contributed by atoms with Crippen molar-refractivity contribution in [3.63, 3.8) is 0 Å². The molecule has 2 amide bonds. The number of benzene rings is 1. The fourth-order valence-corrected chi connectivity index (χ4v) is 3.31. The number of amides is 2. The van der Waals surface area contributed by atoms with Crippen LogP contribution in [0.3, 0.4) is 0 Å². The van der Waals surface area contributed by atoms with Crippen LogP contribution >= 0.6 is 0 Å². The van der Waals surface area contributed by atoms with Crippen molar-refractivity contribution in [2.45, 2.75) is 44.5 Å². The minimum atomic E-state index is -1.15. The first kappa shape index (κ1) is 21.5. The molecule has 0 saturated heterocycles. The zero-order chi connectivity index (χ0) is 20.7. The number of likely N-dealkylation sites (N-methyl/N-ethyl adjacent to an activating group) is 1. The Hall–Kier alpha value is -2.78. The molecule has 0 heterocycles. The van der Waals surface area contributed by atoms with Crippen LogP contribution in [0.5, 0.6) is 0 Å². The van der Waals surface area contributed by atoms with Gasteiger partial charge in [0.1, 0.15) is 11.8 Å². The van der Waals surface area contributed by atoms with Gasteiger partial charge in [0, 0.05) is 7.05 Å². The first-order valence-corrected chi connectivity index (χ1v) is 9.23. The molecule has 152 valence electrons. The smallest absolute Gasteiger partial charge is 0.273 e. The van der Waals surface area contributed by atoms with Gasteiger partial charge in [-0.25, -0.2) is 0 Å². The van der Waals surface area contributed by atoms with Crippen molar-refractivity contribution in [1.82, 2.24) is 16.0 Å². The van der Waals surface area contributed by atoms with Gasteiger partial charge in [-0.2, -0.15) is 5.10 Å². The fraction of sp³-hybridized carbons (Fsp3) is 0.474. The second-order valence-corrected chi connectivity index (χ2v) is 6.86. The van der Waals surface area contributed by atoms with Gasteiger partial charge in [0.25, 0.3) is 5.91 Å². The predicted octanol–water partition coefficient (Wildman–Crippen LogP) is 0.431. The number of anilines is 1. The molecule has 0 aromatic heterocycles. The van der Waals surface area contributed by atoms with Crippen molar-refractivity contribution in [3.8, 4) is 0 Å². The average molecular weight is 388 g/mol. The summed E-state index contributed by atoms with van der Waals surface area (Å²) < 4.78 is 0. The van der Waals surface area contributed by atoms with Crippen LogP contribution < -0.4 is 21.4 Å². The zero-order valence-corrected chi connectivity index (χ0v) is 16.3. The zero-order valence-electron chi connectivity index (χ0n) is 16.3. The third kappa shape index (κ3) is 4.93. The molecular formula is C19H28N6O3. The molecule has 2 rings (SSSR count). The van der Waals surface area contributed by atoms with Crippen molar-refractivity contribution in [1.29, 1.82) is 5.41 Å². The van der Waals surface area contributed by atoms with Gasteiger partial charge in [0.2, 0.25) is 5.91 Å². The molecule has 0 spiro atoms. The number of aliphatic hydroxyl groups is 1. The number of aliphatic hydroxyl groups excluding tert-OH is 1. The molecule has 3 unspecified atom stereocenters. The molecule has 1 saturated carbocycles. The lowest BCUT2D eigenvalue weighted by Crippen LogP contribution is -2.70. The molecule has 9 heteroatoms. The lowest BCUT2D eigenvalue weighted by Gasteiger charge is -2.40. The molecule has 1 fully saturated rings. The summed E-state index contributed by atoms with van der Waals surface area (Å²) in [4.78, 5) is 25.3. The maximum atomic E-state index is 12.7. The number of rotatable bonds is 10. The highest BCUT2D eigenvalue weighted by Gasteiger charge is 2.55. The Morgan fingerprint density at radius 3 is 2.43 bits per heavy atom. The van der Waals surface area contributed by atoms with E-state index in [0.29, 0.717) is 5.69 Å². The minimum Gasteiger partial charge on any atom is -0.379 e. The van der Waals surface area contributed by atoms with Crippen molar-refractivity contribution >= 4 is 29.4 Å². The number of carbonyl (C=O) groups is 2. The highest BCUT2D eigenvalue weighted by Crippen LogP contribution is 2.42. The third-order valence-electron chi connectivity index (χ3n) is 4.75. The van der Waals surface area contributed by atoms with Crippen molar-refractivity contribution in [2.75, 3.05) is 12.5 Å². The predicted molar refractivity (Wildman–Crippen MR) is 108 cm³/mol. The summed E-state index contributed by atoms with van der Waals surface area (Å²) in [5.41, 5.74) is 2.12. The third-order valence-corrected chi connectivity index (χ3v) is 4.75. The molecular weight excluding hydrogens is 360 g/mol. The van der Waals surface area contributed by atoms with Gasteiger partial charge in [-0.1, -0.05) is 18.2 Å². The Morgan fingerprint density at radius 1 is 1.29 bits per heavy atom. The maximum absolute atomic E-state index is 12.7. The van der Waals surface area contributed by atoms with E-state index in [1.165, 1.54) is 14.0 Å². The minimum absolute atomic E-state index is 0.0137. The van der Waals surface area contributed by atoms with Crippen molar-refractivity contribution < 1.29 is 14.7 Å².